The van der Waals surface area contributed by atoms with Crippen molar-refractivity contribution in [1.82, 2.24) is 9.80 Å². The number of carbonyl (C=O) groups is 5. The predicted molar refractivity (Wildman–Crippen MR) is 137 cm³/mol. The van der Waals surface area contributed by atoms with Gasteiger partial charge in [-0.05, 0) is 43.4 Å². The lowest BCUT2D eigenvalue weighted by molar-refractivity contribution is -0.140. The van der Waals surface area contributed by atoms with Crippen molar-refractivity contribution in [2.45, 2.75) is 35.4 Å². The molecule has 0 radical (unpaired) electrons. The number of ether oxygens (including phenoxy) is 2. The number of amides is 5. The Balaban J connectivity index is 1.72. The van der Waals surface area contributed by atoms with Crippen molar-refractivity contribution in [3.05, 3.63) is 35.4 Å². The van der Waals surface area contributed by atoms with E-state index in [1.807, 2.05) is 0 Å². The highest BCUT2D eigenvalue weighted by atomic mass is 79.9. The number of allylic oxidation sites excluding steroid dienone is 2. The number of imide groups is 4. The van der Waals surface area contributed by atoms with Crippen molar-refractivity contribution in [3.63, 3.8) is 0 Å². The van der Waals surface area contributed by atoms with Gasteiger partial charge in [0.05, 0.1) is 31.0 Å². The number of carbonyl (C=O) groups excluding carboxylic acids is 5. The Labute approximate surface area is 235 Å². The van der Waals surface area contributed by atoms with Crippen LogP contribution >= 0.6 is 39.1 Å². The molecule has 2 aliphatic carbocycles. The van der Waals surface area contributed by atoms with Crippen molar-refractivity contribution in [2.24, 2.45) is 17.8 Å². The monoisotopic (exact) mass is 628 g/mol. The fourth-order valence-electron chi connectivity index (χ4n) is 6.38. The normalized spacial score (nSPS) is 34.1. The maximum atomic E-state index is 13.7. The first-order chi connectivity index (χ1) is 18.0. The zero-order chi connectivity index (χ0) is 27.7. The highest BCUT2D eigenvalue weighted by molar-refractivity contribution is 9.09. The molecule has 1 saturated carbocycles. The van der Waals surface area contributed by atoms with Gasteiger partial charge in [-0.15, -0.1) is 23.2 Å². The van der Waals surface area contributed by atoms with Gasteiger partial charge in [-0.1, -0.05) is 33.6 Å². The van der Waals surface area contributed by atoms with Crippen LogP contribution in [0, 0.1) is 17.8 Å². The summed E-state index contributed by atoms with van der Waals surface area (Å²) in [6.45, 7) is 1.99. The summed E-state index contributed by atoms with van der Waals surface area (Å²) < 4.78 is 10.2. The zero-order valence-electron chi connectivity index (χ0n) is 20.3. The molecule has 6 unspecified atom stereocenters. The summed E-state index contributed by atoms with van der Waals surface area (Å²) in [6.07, 6.45) is 0.548. The number of methoxy groups -OCH3 is 1. The summed E-state index contributed by atoms with van der Waals surface area (Å²) in [5.41, 5.74) is 0.833. The average Bonchev–Trinajstić information content (AvgIpc) is 3.23. The van der Waals surface area contributed by atoms with E-state index in [0.29, 0.717) is 16.0 Å². The van der Waals surface area contributed by atoms with Crippen LogP contribution in [-0.4, -0.2) is 73.5 Å². The van der Waals surface area contributed by atoms with Gasteiger partial charge >= 0.3 is 6.09 Å². The number of fused-ring (bicyclic) bond motifs is 4. The van der Waals surface area contributed by atoms with Crippen molar-refractivity contribution in [1.29, 1.82) is 0 Å². The quantitative estimate of drug-likeness (QED) is 0.232. The average molecular weight is 630 g/mol. The second kappa shape index (κ2) is 9.24. The first kappa shape index (κ1) is 27.0. The van der Waals surface area contributed by atoms with Gasteiger partial charge in [0.25, 0.3) is 11.8 Å². The number of phenols is 1. The van der Waals surface area contributed by atoms with Crippen molar-refractivity contribution >= 4 is 68.9 Å². The van der Waals surface area contributed by atoms with E-state index in [2.05, 4.69) is 20.7 Å². The van der Waals surface area contributed by atoms with Crippen LogP contribution < -0.4 is 4.74 Å². The minimum atomic E-state index is -1.98. The third-order valence-electron chi connectivity index (χ3n) is 7.99. The van der Waals surface area contributed by atoms with Gasteiger partial charge in [-0.25, -0.2) is 4.79 Å². The van der Waals surface area contributed by atoms with Crippen LogP contribution in [0.15, 0.2) is 29.8 Å². The smallest absolute Gasteiger partial charge is 0.423 e. The molecule has 4 aliphatic rings. The van der Waals surface area contributed by atoms with Crippen LogP contribution in [0.2, 0.25) is 0 Å². The minimum Gasteiger partial charge on any atom is -0.504 e. The molecule has 5 amide bonds. The number of likely N-dealkylation sites (tertiary alicyclic amines) is 2. The second-order valence-electron chi connectivity index (χ2n) is 9.63. The lowest BCUT2D eigenvalue weighted by Gasteiger charge is -2.50. The summed E-state index contributed by atoms with van der Waals surface area (Å²) in [5, 5.41) is 10.3. The van der Waals surface area contributed by atoms with E-state index in [1.165, 1.54) is 12.1 Å². The van der Waals surface area contributed by atoms with Crippen LogP contribution in [0.25, 0.3) is 0 Å². The van der Waals surface area contributed by atoms with Crippen molar-refractivity contribution in [2.75, 3.05) is 19.2 Å². The standard InChI is InChI=1S/C25H23BrCl2N2O8/c1-3-38-16-8-11(4-7-15(16)31)18-12-5-6-13-17(20(33)30(19(13)32)23(36)37-2)14(12)9-24(27)21(34)29(10-26)22(35)25(18,24)28/h4-5,7-8,13-14,17-18,31H,3,6,9-10H2,1-2H3. The van der Waals surface area contributed by atoms with Gasteiger partial charge in [0, 0.05) is 5.92 Å². The molecular weight excluding hydrogens is 607 g/mol. The third kappa shape index (κ3) is 3.34. The molecule has 2 heterocycles. The van der Waals surface area contributed by atoms with Crippen LogP contribution in [0.1, 0.15) is 31.2 Å². The Hall–Kier alpha value is -2.63. The zero-order valence-corrected chi connectivity index (χ0v) is 23.4. The molecule has 13 heteroatoms. The lowest BCUT2D eigenvalue weighted by atomic mass is 9.56. The number of hydrogen-bond acceptors (Lipinski definition) is 8. The van der Waals surface area contributed by atoms with Gasteiger partial charge in [0.15, 0.2) is 21.2 Å². The molecule has 1 N–H and O–H groups in total. The molecular formula is C25H23BrCl2N2O8. The van der Waals surface area contributed by atoms with Crippen molar-refractivity contribution < 1.29 is 38.6 Å². The molecule has 38 heavy (non-hydrogen) atoms. The van der Waals surface area contributed by atoms with E-state index in [4.69, 9.17) is 27.9 Å². The number of nitrogens with zero attached hydrogens (tertiary/aromatic N) is 2. The van der Waals surface area contributed by atoms with Crippen LogP contribution in [0.3, 0.4) is 0 Å². The minimum absolute atomic E-state index is 0.105. The topological polar surface area (TPSA) is 131 Å². The number of alkyl halides is 3. The number of benzene rings is 1. The number of hydrogen-bond donors (Lipinski definition) is 1. The van der Waals surface area contributed by atoms with Crippen LogP contribution in [0.5, 0.6) is 11.5 Å². The van der Waals surface area contributed by atoms with Gasteiger partial charge in [0.2, 0.25) is 11.8 Å². The number of halogens is 3. The molecule has 10 nitrogen and oxygen atoms in total. The summed E-state index contributed by atoms with van der Waals surface area (Å²) >= 11 is 17.4. The molecule has 1 aromatic rings. The molecule has 5 rings (SSSR count). The molecule has 2 saturated heterocycles. The maximum absolute atomic E-state index is 13.7. The predicted octanol–water partition coefficient (Wildman–Crippen LogP) is 3.27. The number of phenolic OH excluding ortho intramolecular Hbond substituents is 1. The van der Waals surface area contributed by atoms with E-state index in [9.17, 15) is 29.1 Å². The molecule has 2 aliphatic heterocycles. The molecule has 6 atom stereocenters. The van der Waals surface area contributed by atoms with E-state index >= 15 is 0 Å². The third-order valence-corrected chi connectivity index (χ3v) is 9.90. The summed E-state index contributed by atoms with van der Waals surface area (Å²) in [5.74, 6) is -6.55. The molecule has 1 aromatic carbocycles. The molecule has 0 aromatic heterocycles. The fourth-order valence-corrected chi connectivity index (χ4v) is 7.81. The van der Waals surface area contributed by atoms with Crippen molar-refractivity contribution in [3.8, 4) is 11.5 Å². The first-order valence-electron chi connectivity index (χ1n) is 11.9. The Morgan fingerprint density at radius 1 is 1.16 bits per heavy atom. The number of rotatable bonds is 4. The van der Waals surface area contributed by atoms with Crippen LogP contribution in [-0.2, 0) is 23.9 Å². The maximum Gasteiger partial charge on any atom is 0.423 e. The van der Waals surface area contributed by atoms with E-state index in [1.54, 1.807) is 19.1 Å². The largest absolute Gasteiger partial charge is 0.504 e. The van der Waals surface area contributed by atoms with E-state index in [-0.39, 0.29) is 36.4 Å². The van der Waals surface area contributed by atoms with Gasteiger partial charge in [0.1, 0.15) is 0 Å². The second-order valence-corrected chi connectivity index (χ2v) is 11.4. The van der Waals surface area contributed by atoms with E-state index in [0.717, 1.165) is 12.0 Å². The fraction of sp³-hybridized carbons (Fsp3) is 0.480. The Morgan fingerprint density at radius 3 is 2.50 bits per heavy atom. The molecule has 0 spiro atoms. The highest BCUT2D eigenvalue weighted by Gasteiger charge is 2.76. The Morgan fingerprint density at radius 2 is 1.87 bits per heavy atom. The molecule has 202 valence electrons. The van der Waals surface area contributed by atoms with Gasteiger partial charge in [-0.2, -0.15) is 4.90 Å². The SMILES string of the molecule is CCOc1cc(C2C3=CCC4C(=O)N(C(=O)OC)C(=O)C4C3CC3(Cl)C(=O)N(CBr)C(=O)C23Cl)ccc1O. The first-order valence-corrected chi connectivity index (χ1v) is 13.8. The molecule has 3 fully saturated rings. The summed E-state index contributed by atoms with van der Waals surface area (Å²) in [7, 11) is 1.07. The summed E-state index contributed by atoms with van der Waals surface area (Å²) in [4.78, 5) is 63.6. The summed E-state index contributed by atoms with van der Waals surface area (Å²) in [6, 6.07) is 4.46. The van der Waals surface area contributed by atoms with Gasteiger partial charge < -0.3 is 14.6 Å². The molecule has 0 bridgehead atoms. The lowest BCUT2D eigenvalue weighted by Crippen LogP contribution is -2.60. The highest BCUT2D eigenvalue weighted by Crippen LogP contribution is 2.65. The van der Waals surface area contributed by atoms with E-state index < -0.39 is 63.1 Å². The Bertz CT molecular complexity index is 1320. The number of aromatic hydroxyl groups is 1. The van der Waals surface area contributed by atoms with Gasteiger partial charge in [-0.3, -0.25) is 24.1 Å². The Kier molecular flexibility index (Phi) is 6.55. The van der Waals surface area contributed by atoms with Crippen LogP contribution in [0.4, 0.5) is 4.79 Å².